The van der Waals surface area contributed by atoms with Crippen LogP contribution >= 0.6 is 11.3 Å². The Labute approximate surface area is 233 Å². The molecule has 2 aromatic rings. The lowest BCUT2D eigenvalue weighted by Gasteiger charge is -2.54. The second-order valence-electron chi connectivity index (χ2n) is 12.4. The molecule has 4 aliphatic rings. The molecule has 0 aliphatic heterocycles. The number of rotatable bonds is 10. The van der Waals surface area contributed by atoms with Gasteiger partial charge in [0.1, 0.15) is 10.4 Å². The first-order valence-corrected chi connectivity index (χ1v) is 14.7. The van der Waals surface area contributed by atoms with E-state index < -0.39 is 11.4 Å². The van der Waals surface area contributed by atoms with Gasteiger partial charge in [-0.15, -0.1) is 11.3 Å². The normalized spacial score (nSPS) is 25.8. The van der Waals surface area contributed by atoms with Crippen LogP contribution in [0, 0.1) is 35.0 Å². The van der Waals surface area contributed by atoms with E-state index >= 15 is 0 Å². The van der Waals surface area contributed by atoms with Gasteiger partial charge in [0.05, 0.1) is 23.9 Å². The summed E-state index contributed by atoms with van der Waals surface area (Å²) in [6.07, 6.45) is 11.1. The number of thiophene rings is 1. The van der Waals surface area contributed by atoms with Crippen molar-refractivity contribution in [3.05, 3.63) is 34.2 Å². The van der Waals surface area contributed by atoms with E-state index in [0.717, 1.165) is 23.2 Å². The zero-order valence-electron chi connectivity index (χ0n) is 23.0. The molecule has 9 nitrogen and oxygen atoms in total. The molecule has 10 heteroatoms. The van der Waals surface area contributed by atoms with Gasteiger partial charge in [-0.3, -0.25) is 9.59 Å². The van der Waals surface area contributed by atoms with Crippen LogP contribution in [0.2, 0.25) is 0 Å². The molecule has 6 rings (SSSR count). The SMILES string of the molecule is CC(C)COc1c(C(=O)NC2C3CC4CC(C3)CC2C4)cnn1/C=C/C(C)(C)C(=O)Nc1ccsc1C(=O)O. The summed E-state index contributed by atoms with van der Waals surface area (Å²) in [5, 5.41) is 21.4. The van der Waals surface area contributed by atoms with Gasteiger partial charge in [0.2, 0.25) is 11.8 Å². The molecular weight excluding hydrogens is 516 g/mol. The van der Waals surface area contributed by atoms with Gasteiger partial charge >= 0.3 is 5.97 Å². The number of carbonyl (C=O) groups is 3. The number of anilines is 1. The van der Waals surface area contributed by atoms with Gasteiger partial charge in [-0.05, 0) is 87.0 Å². The lowest BCUT2D eigenvalue weighted by atomic mass is 9.54. The maximum Gasteiger partial charge on any atom is 0.348 e. The van der Waals surface area contributed by atoms with E-state index in [1.807, 2.05) is 13.8 Å². The summed E-state index contributed by atoms with van der Waals surface area (Å²) in [7, 11) is 0. The quantitative estimate of drug-likeness (QED) is 0.363. The fourth-order valence-corrected chi connectivity index (χ4v) is 7.27. The third-order valence-electron chi connectivity index (χ3n) is 8.40. The second kappa shape index (κ2) is 10.8. The van der Waals surface area contributed by atoms with E-state index in [1.165, 1.54) is 43.0 Å². The molecule has 2 amide bonds. The molecule has 0 atom stereocenters. The zero-order valence-corrected chi connectivity index (χ0v) is 23.8. The predicted octanol–water partition coefficient (Wildman–Crippen LogP) is 5.37. The second-order valence-corrected chi connectivity index (χ2v) is 13.3. The van der Waals surface area contributed by atoms with Crippen molar-refractivity contribution in [2.45, 2.75) is 65.8 Å². The number of nitrogens with one attached hydrogen (secondary N) is 2. The van der Waals surface area contributed by atoms with Gasteiger partial charge in [0, 0.05) is 12.2 Å². The van der Waals surface area contributed by atoms with Crippen LogP contribution in [0.15, 0.2) is 23.7 Å². The smallest absolute Gasteiger partial charge is 0.348 e. The zero-order chi connectivity index (χ0) is 27.9. The minimum atomic E-state index is -1.09. The molecule has 0 radical (unpaired) electrons. The monoisotopic (exact) mass is 554 g/mol. The topological polar surface area (TPSA) is 123 Å². The van der Waals surface area contributed by atoms with Crippen molar-refractivity contribution in [1.29, 1.82) is 0 Å². The standard InChI is InChI=1S/C29H38N4O5S/c1-16(2)15-38-26-21(25(34)32-23-19-10-17-9-18(12-19)13-20(23)11-17)14-30-33(26)7-6-29(3,4)28(37)31-22-5-8-39-24(22)27(35)36/h5-8,14,16-20,23H,9-13,15H2,1-4H3,(H,31,37)(H,32,34)(H,35,36)/b7-6+. The minimum absolute atomic E-state index is 0.0781. The highest BCUT2D eigenvalue weighted by Crippen LogP contribution is 2.53. The Balaban J connectivity index is 1.32. The van der Waals surface area contributed by atoms with Crippen molar-refractivity contribution in [2.24, 2.45) is 35.0 Å². The summed E-state index contributed by atoms with van der Waals surface area (Å²) >= 11 is 1.05. The van der Waals surface area contributed by atoms with Crippen molar-refractivity contribution < 1.29 is 24.2 Å². The van der Waals surface area contributed by atoms with Crippen LogP contribution in [-0.4, -0.2) is 45.3 Å². The van der Waals surface area contributed by atoms with Gasteiger partial charge in [0.25, 0.3) is 5.91 Å². The fourth-order valence-electron chi connectivity index (χ4n) is 6.58. The summed E-state index contributed by atoms with van der Waals surface area (Å²) in [5.41, 5.74) is -0.342. The summed E-state index contributed by atoms with van der Waals surface area (Å²) in [6, 6.07) is 1.78. The Morgan fingerprint density at radius 1 is 1.18 bits per heavy atom. The van der Waals surface area contributed by atoms with Crippen molar-refractivity contribution in [3.8, 4) is 5.88 Å². The number of carboxylic acids is 1. The number of amides is 2. The van der Waals surface area contributed by atoms with Crippen LogP contribution in [0.25, 0.3) is 6.20 Å². The van der Waals surface area contributed by atoms with Crippen LogP contribution in [0.4, 0.5) is 5.69 Å². The Morgan fingerprint density at radius 3 is 2.46 bits per heavy atom. The van der Waals surface area contributed by atoms with Crippen molar-refractivity contribution >= 4 is 41.0 Å². The highest BCUT2D eigenvalue weighted by molar-refractivity contribution is 7.12. The van der Waals surface area contributed by atoms with Gasteiger partial charge < -0.3 is 20.5 Å². The minimum Gasteiger partial charge on any atom is -0.477 e. The number of hydrogen-bond acceptors (Lipinski definition) is 6. The molecule has 0 aromatic carbocycles. The van der Waals surface area contributed by atoms with Gasteiger partial charge in [-0.2, -0.15) is 5.10 Å². The molecule has 4 bridgehead atoms. The average Bonchev–Trinajstić information content (AvgIpc) is 3.50. The van der Waals surface area contributed by atoms with Gasteiger partial charge in [0.15, 0.2) is 0 Å². The molecule has 3 N–H and O–H groups in total. The summed E-state index contributed by atoms with van der Waals surface area (Å²) in [4.78, 5) is 38.0. The predicted molar refractivity (Wildman–Crippen MR) is 150 cm³/mol. The fraction of sp³-hybridized carbons (Fsp3) is 0.586. The third-order valence-corrected chi connectivity index (χ3v) is 9.30. The molecule has 2 aromatic heterocycles. The first kappa shape index (κ1) is 27.4. The number of aromatic nitrogens is 2. The average molecular weight is 555 g/mol. The largest absolute Gasteiger partial charge is 0.477 e. The van der Waals surface area contributed by atoms with Crippen LogP contribution < -0.4 is 15.4 Å². The molecule has 39 heavy (non-hydrogen) atoms. The maximum atomic E-state index is 13.5. The van der Waals surface area contributed by atoms with E-state index in [2.05, 4.69) is 15.7 Å². The van der Waals surface area contributed by atoms with E-state index in [-0.39, 0.29) is 34.3 Å². The lowest BCUT2D eigenvalue weighted by molar-refractivity contribution is -0.121. The molecule has 4 aliphatic carbocycles. The van der Waals surface area contributed by atoms with Crippen LogP contribution in [0.5, 0.6) is 5.88 Å². The van der Waals surface area contributed by atoms with E-state index in [0.29, 0.717) is 29.9 Å². The molecule has 0 unspecified atom stereocenters. The van der Waals surface area contributed by atoms with Crippen LogP contribution in [0.1, 0.15) is 79.8 Å². The Hall–Kier alpha value is -3.14. The first-order valence-electron chi connectivity index (χ1n) is 13.8. The highest BCUT2D eigenvalue weighted by Gasteiger charge is 2.48. The summed E-state index contributed by atoms with van der Waals surface area (Å²) in [5.74, 6) is 1.75. The Kier molecular flexibility index (Phi) is 7.59. The molecule has 2 heterocycles. The number of aromatic carboxylic acids is 1. The molecule has 0 saturated heterocycles. The highest BCUT2D eigenvalue weighted by atomic mass is 32.1. The van der Waals surface area contributed by atoms with E-state index in [4.69, 9.17) is 4.74 Å². The molecular formula is C29H38N4O5S. The number of carbonyl (C=O) groups excluding carboxylic acids is 2. The Bertz CT molecular complexity index is 1250. The first-order chi connectivity index (χ1) is 18.5. The lowest BCUT2D eigenvalue weighted by Crippen LogP contribution is -2.55. The number of ether oxygens (including phenoxy) is 1. The molecule has 210 valence electrons. The number of hydrogen-bond donors (Lipinski definition) is 3. The van der Waals surface area contributed by atoms with Crippen molar-refractivity contribution in [1.82, 2.24) is 15.1 Å². The third kappa shape index (κ3) is 5.76. The maximum absolute atomic E-state index is 13.5. The molecule has 4 saturated carbocycles. The van der Waals surface area contributed by atoms with Gasteiger partial charge in [-0.1, -0.05) is 19.9 Å². The van der Waals surface area contributed by atoms with Crippen LogP contribution in [0.3, 0.4) is 0 Å². The van der Waals surface area contributed by atoms with Crippen molar-refractivity contribution in [3.63, 3.8) is 0 Å². The van der Waals surface area contributed by atoms with Crippen LogP contribution in [-0.2, 0) is 4.79 Å². The van der Waals surface area contributed by atoms with E-state index in [1.54, 1.807) is 37.6 Å². The number of carboxylic acid groups (broad SMARTS) is 1. The summed E-state index contributed by atoms with van der Waals surface area (Å²) < 4.78 is 7.57. The Morgan fingerprint density at radius 2 is 1.85 bits per heavy atom. The summed E-state index contributed by atoms with van der Waals surface area (Å²) in [6.45, 7) is 7.94. The molecule has 0 spiro atoms. The van der Waals surface area contributed by atoms with E-state index in [9.17, 15) is 19.5 Å². The van der Waals surface area contributed by atoms with Crippen molar-refractivity contribution in [2.75, 3.05) is 11.9 Å². The van der Waals surface area contributed by atoms with Gasteiger partial charge in [-0.25, -0.2) is 9.48 Å². The molecule has 4 fully saturated rings. The number of nitrogens with zero attached hydrogens (tertiary/aromatic N) is 2.